The number of hydrogen-bond acceptors (Lipinski definition) is 2. The number of nitrogens with zero attached hydrogens (tertiary/aromatic N) is 1. The van der Waals surface area contributed by atoms with Gasteiger partial charge in [0.25, 0.3) is 11.8 Å². The van der Waals surface area contributed by atoms with E-state index in [0.29, 0.717) is 16.8 Å². The highest BCUT2D eigenvalue weighted by molar-refractivity contribution is 9.10. The van der Waals surface area contributed by atoms with E-state index in [1.165, 1.54) is 4.90 Å². The molecule has 0 N–H and O–H groups in total. The van der Waals surface area contributed by atoms with Gasteiger partial charge in [-0.2, -0.15) is 0 Å². The summed E-state index contributed by atoms with van der Waals surface area (Å²) < 4.78 is 1.01. The zero-order valence-corrected chi connectivity index (χ0v) is 15.2. The predicted octanol–water partition coefficient (Wildman–Crippen LogP) is 5.56. The average Bonchev–Trinajstić information content (AvgIpc) is 2.92. The Hall–Kier alpha value is -2.98. The summed E-state index contributed by atoms with van der Waals surface area (Å²) in [5.74, 6) is -0.541. The number of fused-ring (bicyclic) bond motifs is 4. The highest BCUT2D eigenvalue weighted by Gasteiger charge is 2.36. The standard InChI is InChI=1S/C22H12BrNO2/c23-15-8-10-17-14(11-15)6-5-13-7-9-16(12-20(13)17)24-21(25)18-3-1-2-4-19(18)22(24)26/h1-12H. The van der Waals surface area contributed by atoms with Crippen LogP contribution in [0.25, 0.3) is 21.5 Å². The normalized spacial score (nSPS) is 13.7. The summed E-state index contributed by atoms with van der Waals surface area (Å²) in [6.45, 7) is 0. The molecule has 26 heavy (non-hydrogen) atoms. The first-order valence-electron chi connectivity index (χ1n) is 8.23. The molecule has 0 bridgehead atoms. The van der Waals surface area contributed by atoms with Crippen LogP contribution in [0.2, 0.25) is 0 Å². The van der Waals surface area contributed by atoms with Gasteiger partial charge in [-0.05, 0) is 57.9 Å². The second-order valence-corrected chi connectivity index (χ2v) is 7.24. The summed E-state index contributed by atoms with van der Waals surface area (Å²) in [5, 5.41) is 4.28. The number of hydrogen-bond donors (Lipinski definition) is 0. The molecule has 3 nitrogen and oxygen atoms in total. The van der Waals surface area contributed by atoms with E-state index in [0.717, 1.165) is 26.0 Å². The van der Waals surface area contributed by atoms with Crippen molar-refractivity contribution in [2.45, 2.75) is 0 Å². The lowest BCUT2D eigenvalue weighted by atomic mass is 10.0. The second-order valence-electron chi connectivity index (χ2n) is 6.33. The highest BCUT2D eigenvalue weighted by atomic mass is 79.9. The molecule has 0 spiro atoms. The molecule has 1 aliphatic rings. The molecule has 0 aliphatic carbocycles. The minimum atomic E-state index is -0.270. The molecule has 1 aliphatic heterocycles. The molecular weight excluding hydrogens is 390 g/mol. The molecule has 4 aromatic rings. The first kappa shape index (κ1) is 15.3. The van der Waals surface area contributed by atoms with Crippen LogP contribution in [0.5, 0.6) is 0 Å². The van der Waals surface area contributed by atoms with E-state index in [4.69, 9.17) is 0 Å². The summed E-state index contributed by atoms with van der Waals surface area (Å²) in [6, 6.07) is 22.9. The van der Waals surface area contributed by atoms with Crippen molar-refractivity contribution in [3.8, 4) is 0 Å². The third kappa shape index (κ3) is 2.12. The van der Waals surface area contributed by atoms with Gasteiger partial charge < -0.3 is 0 Å². The van der Waals surface area contributed by atoms with Crippen LogP contribution in [0.3, 0.4) is 0 Å². The third-order valence-corrected chi connectivity index (χ3v) is 5.33. The molecule has 2 amide bonds. The van der Waals surface area contributed by atoms with Crippen LogP contribution in [0, 0.1) is 0 Å². The predicted molar refractivity (Wildman–Crippen MR) is 107 cm³/mol. The number of rotatable bonds is 1. The Labute approximate surface area is 158 Å². The Morgan fingerprint density at radius 2 is 1.31 bits per heavy atom. The van der Waals surface area contributed by atoms with Gasteiger partial charge in [0.05, 0.1) is 16.8 Å². The van der Waals surface area contributed by atoms with Gasteiger partial charge in [-0.3, -0.25) is 9.59 Å². The highest BCUT2D eigenvalue weighted by Crippen LogP contribution is 2.34. The van der Waals surface area contributed by atoms with E-state index < -0.39 is 0 Å². The minimum absolute atomic E-state index is 0.270. The molecule has 5 rings (SSSR count). The molecule has 0 atom stereocenters. The van der Waals surface area contributed by atoms with Gasteiger partial charge in [-0.25, -0.2) is 4.90 Å². The van der Waals surface area contributed by atoms with Crippen molar-refractivity contribution in [2.24, 2.45) is 0 Å². The van der Waals surface area contributed by atoms with E-state index in [-0.39, 0.29) is 11.8 Å². The Bertz CT molecular complexity index is 1210. The molecule has 1 heterocycles. The molecular formula is C22H12BrNO2. The van der Waals surface area contributed by atoms with E-state index in [2.05, 4.69) is 34.1 Å². The number of anilines is 1. The van der Waals surface area contributed by atoms with Crippen LogP contribution in [-0.4, -0.2) is 11.8 Å². The van der Waals surface area contributed by atoms with Crippen LogP contribution >= 0.6 is 15.9 Å². The summed E-state index contributed by atoms with van der Waals surface area (Å²) in [7, 11) is 0. The quantitative estimate of drug-likeness (QED) is 0.309. The van der Waals surface area contributed by atoms with Crippen molar-refractivity contribution in [3.63, 3.8) is 0 Å². The Morgan fingerprint density at radius 1 is 0.654 bits per heavy atom. The number of benzene rings is 4. The maximum Gasteiger partial charge on any atom is 0.266 e. The molecule has 0 fully saturated rings. The van der Waals surface area contributed by atoms with Gasteiger partial charge in [0.2, 0.25) is 0 Å². The van der Waals surface area contributed by atoms with Crippen LogP contribution in [0.15, 0.2) is 77.3 Å². The molecule has 4 aromatic carbocycles. The summed E-state index contributed by atoms with van der Waals surface area (Å²) >= 11 is 3.50. The maximum absolute atomic E-state index is 12.8. The van der Waals surface area contributed by atoms with E-state index in [9.17, 15) is 9.59 Å². The van der Waals surface area contributed by atoms with Gasteiger partial charge in [0.1, 0.15) is 0 Å². The van der Waals surface area contributed by atoms with Gasteiger partial charge in [0.15, 0.2) is 0 Å². The van der Waals surface area contributed by atoms with Crippen LogP contribution in [0.4, 0.5) is 5.69 Å². The van der Waals surface area contributed by atoms with Crippen molar-refractivity contribution in [3.05, 3.63) is 88.4 Å². The van der Waals surface area contributed by atoms with Crippen LogP contribution in [-0.2, 0) is 0 Å². The molecule has 0 saturated heterocycles. The van der Waals surface area contributed by atoms with Crippen molar-refractivity contribution < 1.29 is 9.59 Å². The second kappa shape index (κ2) is 5.51. The molecule has 0 unspecified atom stereocenters. The minimum Gasteiger partial charge on any atom is -0.268 e. The van der Waals surface area contributed by atoms with Gasteiger partial charge >= 0.3 is 0 Å². The number of imide groups is 1. The van der Waals surface area contributed by atoms with Crippen molar-refractivity contribution in [1.29, 1.82) is 0 Å². The zero-order chi connectivity index (χ0) is 17.8. The number of amides is 2. The molecule has 4 heteroatoms. The number of carbonyl (C=O) groups excluding carboxylic acids is 2. The summed E-state index contributed by atoms with van der Waals surface area (Å²) in [5.41, 5.74) is 1.51. The monoisotopic (exact) mass is 401 g/mol. The fourth-order valence-corrected chi connectivity index (χ4v) is 3.96. The van der Waals surface area contributed by atoms with E-state index in [1.54, 1.807) is 24.3 Å². The lowest BCUT2D eigenvalue weighted by Crippen LogP contribution is -2.29. The first-order chi connectivity index (χ1) is 12.6. The first-order valence-corrected chi connectivity index (χ1v) is 9.03. The Kier molecular flexibility index (Phi) is 3.24. The van der Waals surface area contributed by atoms with Crippen molar-refractivity contribution >= 4 is 55.0 Å². The molecule has 0 radical (unpaired) electrons. The summed E-state index contributed by atoms with van der Waals surface area (Å²) in [6.07, 6.45) is 0. The van der Waals surface area contributed by atoms with Crippen LogP contribution < -0.4 is 4.90 Å². The Morgan fingerprint density at radius 3 is 2.04 bits per heavy atom. The average molecular weight is 402 g/mol. The smallest absolute Gasteiger partial charge is 0.266 e. The lowest BCUT2D eigenvalue weighted by molar-refractivity contribution is 0.0926. The van der Waals surface area contributed by atoms with Gasteiger partial charge in [0, 0.05) is 4.47 Å². The molecule has 0 aromatic heterocycles. The number of halogens is 1. The fraction of sp³-hybridized carbons (Fsp3) is 0. The SMILES string of the molecule is O=C1c2ccccc2C(=O)N1c1ccc2ccc3cc(Br)ccc3c2c1. The van der Waals surface area contributed by atoms with Gasteiger partial charge in [-0.15, -0.1) is 0 Å². The maximum atomic E-state index is 12.8. The largest absolute Gasteiger partial charge is 0.268 e. The van der Waals surface area contributed by atoms with Crippen molar-refractivity contribution in [2.75, 3.05) is 4.90 Å². The van der Waals surface area contributed by atoms with Gasteiger partial charge in [-0.1, -0.05) is 52.3 Å². The topological polar surface area (TPSA) is 37.4 Å². The number of carbonyl (C=O) groups is 2. The molecule has 0 saturated carbocycles. The molecule has 124 valence electrons. The summed E-state index contributed by atoms with van der Waals surface area (Å²) in [4.78, 5) is 26.8. The van der Waals surface area contributed by atoms with E-state index in [1.807, 2.05) is 30.3 Å². The Balaban J connectivity index is 1.72. The third-order valence-electron chi connectivity index (χ3n) is 4.84. The zero-order valence-electron chi connectivity index (χ0n) is 13.6. The fourth-order valence-electron chi connectivity index (χ4n) is 3.58. The lowest BCUT2D eigenvalue weighted by Gasteiger charge is -2.15. The van der Waals surface area contributed by atoms with E-state index >= 15 is 0 Å². The van der Waals surface area contributed by atoms with Crippen molar-refractivity contribution in [1.82, 2.24) is 0 Å². The van der Waals surface area contributed by atoms with Crippen LogP contribution in [0.1, 0.15) is 20.7 Å².